The Morgan fingerprint density at radius 3 is 2.35 bits per heavy atom. The molecule has 2 aromatic rings. The zero-order chi connectivity index (χ0) is 11.8. The third-order valence-electron chi connectivity index (χ3n) is 2.87. The van der Waals surface area contributed by atoms with Gasteiger partial charge < -0.3 is 4.74 Å². The van der Waals surface area contributed by atoms with Crippen molar-refractivity contribution in [2.45, 2.75) is 12.2 Å². The summed E-state index contributed by atoms with van der Waals surface area (Å²) in [6.07, 6.45) is 0.0526. The van der Waals surface area contributed by atoms with Gasteiger partial charge in [0.25, 0.3) is 0 Å². The van der Waals surface area contributed by atoms with Gasteiger partial charge in [-0.3, -0.25) is 0 Å². The molecule has 1 saturated heterocycles. The summed E-state index contributed by atoms with van der Waals surface area (Å²) < 4.78 is 19.7. The number of hydrogen-bond acceptors (Lipinski definition) is 1. The third-order valence-corrected chi connectivity index (χ3v) is 3.40. The van der Waals surface area contributed by atoms with Gasteiger partial charge in [0.1, 0.15) is 18.0 Å². The minimum atomic E-state index is -0.215. The molecule has 3 rings (SSSR count). The second-order valence-electron chi connectivity index (χ2n) is 4.08. The van der Waals surface area contributed by atoms with Gasteiger partial charge in [-0.05, 0) is 35.4 Å². The monoisotopic (exact) mass is 292 g/mol. The molecule has 2 atom stereocenters. The summed E-state index contributed by atoms with van der Waals surface area (Å²) in [6, 6.07) is 14.6. The first-order chi connectivity index (χ1) is 8.24. The van der Waals surface area contributed by atoms with Gasteiger partial charge in [-0.1, -0.05) is 40.2 Å². The van der Waals surface area contributed by atoms with E-state index in [1.165, 1.54) is 12.1 Å². The van der Waals surface area contributed by atoms with Crippen molar-refractivity contribution < 1.29 is 9.13 Å². The molecule has 0 saturated carbocycles. The average molecular weight is 293 g/mol. The minimum Gasteiger partial charge on any atom is -0.359 e. The van der Waals surface area contributed by atoms with E-state index in [1.54, 1.807) is 6.07 Å². The Morgan fingerprint density at radius 1 is 0.941 bits per heavy atom. The summed E-state index contributed by atoms with van der Waals surface area (Å²) in [6.45, 7) is 0. The molecule has 17 heavy (non-hydrogen) atoms. The first-order valence-corrected chi connectivity index (χ1v) is 6.20. The summed E-state index contributed by atoms with van der Waals surface area (Å²) in [5.41, 5.74) is 2.03. The average Bonchev–Trinajstić information content (AvgIpc) is 3.10. The van der Waals surface area contributed by atoms with Gasteiger partial charge in [0.05, 0.1) is 0 Å². The normalized spacial score (nSPS) is 22.5. The van der Waals surface area contributed by atoms with Crippen LogP contribution in [0.2, 0.25) is 0 Å². The molecule has 86 valence electrons. The van der Waals surface area contributed by atoms with Crippen molar-refractivity contribution in [2.24, 2.45) is 0 Å². The van der Waals surface area contributed by atoms with Crippen molar-refractivity contribution in [2.75, 3.05) is 0 Å². The van der Waals surface area contributed by atoms with Crippen LogP contribution in [0.1, 0.15) is 23.3 Å². The Balaban J connectivity index is 1.80. The number of rotatable bonds is 2. The van der Waals surface area contributed by atoms with Crippen molar-refractivity contribution in [3.8, 4) is 0 Å². The maximum Gasteiger partial charge on any atom is 0.123 e. The largest absolute Gasteiger partial charge is 0.359 e. The van der Waals surface area contributed by atoms with Crippen LogP contribution >= 0.6 is 15.9 Å². The lowest BCUT2D eigenvalue weighted by Crippen LogP contribution is -1.85. The van der Waals surface area contributed by atoms with E-state index >= 15 is 0 Å². The highest BCUT2D eigenvalue weighted by Gasteiger charge is 2.41. The molecule has 0 aromatic heterocycles. The quantitative estimate of drug-likeness (QED) is 0.748. The van der Waals surface area contributed by atoms with Crippen LogP contribution in [0.5, 0.6) is 0 Å². The standard InChI is InChI=1S/C14H10BrFO/c15-11-6-4-9(5-7-11)13-14(17-13)10-2-1-3-12(16)8-10/h1-8,13-14H/t13-,14-/m0/s1. The van der Waals surface area contributed by atoms with Crippen LogP contribution in [-0.2, 0) is 4.74 Å². The van der Waals surface area contributed by atoms with E-state index in [1.807, 2.05) is 30.3 Å². The van der Waals surface area contributed by atoms with Crippen LogP contribution in [0.4, 0.5) is 4.39 Å². The van der Waals surface area contributed by atoms with Crippen LogP contribution < -0.4 is 0 Å². The lowest BCUT2D eigenvalue weighted by molar-refractivity contribution is 0.377. The molecule has 1 aliphatic heterocycles. The number of epoxide rings is 1. The lowest BCUT2D eigenvalue weighted by Gasteiger charge is -1.98. The molecule has 0 bridgehead atoms. The molecule has 0 amide bonds. The molecule has 2 aromatic carbocycles. The molecule has 1 aliphatic rings. The Labute approximate surface area is 107 Å². The van der Waals surface area contributed by atoms with E-state index in [9.17, 15) is 4.39 Å². The zero-order valence-corrected chi connectivity index (χ0v) is 10.5. The fourth-order valence-corrected chi connectivity index (χ4v) is 2.22. The Morgan fingerprint density at radius 2 is 1.65 bits per heavy atom. The second kappa shape index (κ2) is 4.24. The Kier molecular flexibility index (Phi) is 2.73. The van der Waals surface area contributed by atoms with Gasteiger partial charge in [-0.2, -0.15) is 0 Å². The van der Waals surface area contributed by atoms with E-state index in [0.29, 0.717) is 0 Å². The summed E-state index contributed by atoms with van der Waals surface area (Å²) in [7, 11) is 0. The zero-order valence-electron chi connectivity index (χ0n) is 8.94. The molecule has 0 N–H and O–H groups in total. The van der Waals surface area contributed by atoms with E-state index in [-0.39, 0.29) is 18.0 Å². The molecule has 0 radical (unpaired) electrons. The van der Waals surface area contributed by atoms with Gasteiger partial charge in [0.15, 0.2) is 0 Å². The maximum atomic E-state index is 13.1. The molecule has 0 spiro atoms. The molecule has 0 unspecified atom stereocenters. The number of halogens is 2. The van der Waals surface area contributed by atoms with E-state index in [4.69, 9.17) is 4.74 Å². The SMILES string of the molecule is Fc1cccc([C@@H]2O[C@H]2c2ccc(Br)cc2)c1. The second-order valence-corrected chi connectivity index (χ2v) is 5.00. The highest BCUT2D eigenvalue weighted by atomic mass is 79.9. The Hall–Kier alpha value is -1.19. The third kappa shape index (κ3) is 2.26. The van der Waals surface area contributed by atoms with Crippen LogP contribution in [0.25, 0.3) is 0 Å². The highest BCUT2D eigenvalue weighted by molar-refractivity contribution is 9.10. The van der Waals surface area contributed by atoms with Crippen molar-refractivity contribution in [3.63, 3.8) is 0 Å². The summed E-state index contributed by atoms with van der Waals surface area (Å²) >= 11 is 3.39. The summed E-state index contributed by atoms with van der Waals surface area (Å²) in [5, 5.41) is 0. The van der Waals surface area contributed by atoms with Crippen LogP contribution in [0, 0.1) is 5.82 Å². The molecule has 3 heteroatoms. The van der Waals surface area contributed by atoms with Crippen LogP contribution in [0.3, 0.4) is 0 Å². The smallest absolute Gasteiger partial charge is 0.123 e. The molecule has 1 heterocycles. The first kappa shape index (κ1) is 10.9. The minimum absolute atomic E-state index is 0.00752. The maximum absolute atomic E-state index is 13.1. The van der Waals surface area contributed by atoms with Gasteiger partial charge >= 0.3 is 0 Å². The molecule has 1 nitrogen and oxygen atoms in total. The molecule has 1 fully saturated rings. The predicted octanol–water partition coefficient (Wildman–Crippen LogP) is 4.40. The summed E-state index contributed by atoms with van der Waals surface area (Å²) in [4.78, 5) is 0. The number of ether oxygens (including phenoxy) is 1. The molecular formula is C14H10BrFO. The fourth-order valence-electron chi connectivity index (χ4n) is 1.96. The molecular weight excluding hydrogens is 283 g/mol. The fraction of sp³-hybridized carbons (Fsp3) is 0.143. The lowest BCUT2D eigenvalue weighted by atomic mass is 10.0. The van der Waals surface area contributed by atoms with Crippen molar-refractivity contribution >= 4 is 15.9 Å². The van der Waals surface area contributed by atoms with Crippen molar-refractivity contribution in [1.29, 1.82) is 0 Å². The Bertz CT molecular complexity index is 538. The van der Waals surface area contributed by atoms with E-state index in [2.05, 4.69) is 15.9 Å². The summed E-state index contributed by atoms with van der Waals surface area (Å²) in [5.74, 6) is -0.215. The van der Waals surface area contributed by atoms with E-state index in [0.717, 1.165) is 15.6 Å². The molecule has 0 aliphatic carbocycles. The van der Waals surface area contributed by atoms with Gasteiger partial charge in [0.2, 0.25) is 0 Å². The van der Waals surface area contributed by atoms with Crippen molar-refractivity contribution in [1.82, 2.24) is 0 Å². The van der Waals surface area contributed by atoms with E-state index < -0.39 is 0 Å². The van der Waals surface area contributed by atoms with Gasteiger partial charge in [0, 0.05) is 4.47 Å². The van der Waals surface area contributed by atoms with Gasteiger partial charge in [-0.25, -0.2) is 4.39 Å². The van der Waals surface area contributed by atoms with Crippen molar-refractivity contribution in [3.05, 3.63) is 69.9 Å². The topological polar surface area (TPSA) is 12.5 Å². The highest BCUT2D eigenvalue weighted by Crippen LogP contribution is 2.50. The number of benzene rings is 2. The van der Waals surface area contributed by atoms with Gasteiger partial charge in [-0.15, -0.1) is 0 Å². The van der Waals surface area contributed by atoms with Crippen LogP contribution in [0.15, 0.2) is 53.0 Å². The number of hydrogen-bond donors (Lipinski definition) is 0. The predicted molar refractivity (Wildman–Crippen MR) is 67.1 cm³/mol. The van der Waals surface area contributed by atoms with Crippen LogP contribution in [-0.4, -0.2) is 0 Å². The first-order valence-electron chi connectivity index (χ1n) is 5.40.